The van der Waals surface area contributed by atoms with Crippen molar-refractivity contribution in [1.82, 2.24) is 25.0 Å². The molecule has 2 aliphatic rings. The van der Waals surface area contributed by atoms with Crippen LogP contribution in [0.5, 0.6) is 5.75 Å². The van der Waals surface area contributed by atoms with E-state index in [2.05, 4.69) is 20.3 Å². The number of nitrogens with zero attached hydrogens (tertiary/aromatic N) is 4. The molecule has 2 aromatic carbocycles. The molecule has 1 aliphatic heterocycles. The molecule has 0 unspecified atom stereocenters. The number of ether oxygens (including phenoxy) is 1. The molecular formula is C37H46ClN5O4. The van der Waals surface area contributed by atoms with Crippen LogP contribution in [0.2, 0.25) is 5.02 Å². The molecule has 2 fully saturated rings. The Kier molecular flexibility index (Phi) is 10.9. The number of amides is 1. The molecule has 47 heavy (non-hydrogen) atoms. The van der Waals surface area contributed by atoms with E-state index < -0.39 is 5.91 Å². The van der Waals surface area contributed by atoms with Crippen LogP contribution >= 0.6 is 11.6 Å². The predicted molar refractivity (Wildman–Crippen MR) is 184 cm³/mol. The number of carbonyl (C=O) groups excluding carboxylic acids is 1. The number of benzene rings is 2. The van der Waals surface area contributed by atoms with E-state index in [0.29, 0.717) is 34.8 Å². The van der Waals surface area contributed by atoms with Gasteiger partial charge in [0, 0.05) is 30.2 Å². The highest BCUT2D eigenvalue weighted by atomic mass is 35.5. The number of likely N-dealkylation sites (tertiary alicyclic amines) is 1. The van der Waals surface area contributed by atoms with Crippen molar-refractivity contribution in [3.8, 4) is 5.75 Å². The molecule has 9 nitrogen and oxygen atoms in total. The van der Waals surface area contributed by atoms with Gasteiger partial charge in [-0.1, -0.05) is 49.9 Å². The summed E-state index contributed by atoms with van der Waals surface area (Å²) in [6, 6.07) is 14.0. The summed E-state index contributed by atoms with van der Waals surface area (Å²) in [6.45, 7) is 6.44. The first-order valence-corrected chi connectivity index (χ1v) is 17.6. The molecule has 6 rings (SSSR count). The average molecular weight is 660 g/mol. The third-order valence-electron chi connectivity index (χ3n) is 10.2. The largest absolute Gasteiger partial charge is 0.494 e. The zero-order valence-electron chi connectivity index (χ0n) is 27.3. The zero-order valence-corrected chi connectivity index (χ0v) is 28.1. The molecule has 1 atom stereocenters. The van der Waals surface area contributed by atoms with Gasteiger partial charge < -0.3 is 19.4 Å². The fourth-order valence-corrected chi connectivity index (χ4v) is 7.68. The molecule has 4 aromatic rings. The molecule has 10 heteroatoms. The SMILES string of the molecule is CCCOc1ccc2oc(C(=O)N[C@H](CCN3CCC(Cn4cncn4)(C4CCCCC4)CC3)Cc3ccc(Cl)cc3)cc(=O)c2c1. The Hall–Kier alpha value is -3.69. The highest BCUT2D eigenvalue weighted by molar-refractivity contribution is 6.30. The van der Waals surface area contributed by atoms with Crippen molar-refractivity contribution in [2.45, 2.75) is 83.7 Å². The molecule has 1 saturated carbocycles. The van der Waals surface area contributed by atoms with Gasteiger partial charge in [-0.05, 0) is 105 Å². The van der Waals surface area contributed by atoms with Crippen molar-refractivity contribution in [1.29, 1.82) is 0 Å². The summed E-state index contributed by atoms with van der Waals surface area (Å²) in [7, 11) is 0. The predicted octanol–water partition coefficient (Wildman–Crippen LogP) is 6.92. The summed E-state index contributed by atoms with van der Waals surface area (Å²) in [5.74, 6) is 0.955. The van der Waals surface area contributed by atoms with Gasteiger partial charge in [0.2, 0.25) is 0 Å². The summed E-state index contributed by atoms with van der Waals surface area (Å²) < 4.78 is 13.7. The number of rotatable bonds is 13. The second kappa shape index (κ2) is 15.5. The van der Waals surface area contributed by atoms with Gasteiger partial charge in [-0.3, -0.25) is 14.3 Å². The van der Waals surface area contributed by atoms with Crippen LogP contribution in [0.25, 0.3) is 11.0 Å². The van der Waals surface area contributed by atoms with E-state index in [1.54, 1.807) is 24.5 Å². The molecule has 0 spiro atoms. The van der Waals surface area contributed by atoms with Gasteiger partial charge >= 0.3 is 0 Å². The first kappa shape index (κ1) is 33.2. The van der Waals surface area contributed by atoms with E-state index in [0.717, 1.165) is 63.3 Å². The standard InChI is InChI=1S/C37H46ClN5O4/c1-2-20-46-31-12-13-34-32(22-31)33(44)23-35(47-34)36(45)41-30(21-27-8-10-29(38)11-9-27)14-17-42-18-15-37(16-19-42,24-43-26-39-25-40-43)28-6-4-3-5-7-28/h8-13,22-23,25-26,28,30H,2-7,14-21,24H2,1H3,(H,41,45)/t30-/m1/s1. The number of nitrogens with one attached hydrogen (secondary N) is 1. The third kappa shape index (κ3) is 8.43. The Bertz CT molecular complexity index is 1660. The molecule has 1 amide bonds. The number of piperidine rings is 1. The quantitative estimate of drug-likeness (QED) is 0.166. The molecular weight excluding hydrogens is 614 g/mol. The normalized spacial score (nSPS) is 17.8. The van der Waals surface area contributed by atoms with Crippen molar-refractivity contribution < 1.29 is 13.9 Å². The number of hydrogen-bond acceptors (Lipinski definition) is 7. The van der Waals surface area contributed by atoms with E-state index >= 15 is 0 Å². The van der Waals surface area contributed by atoms with E-state index in [1.807, 2.05) is 42.2 Å². The molecule has 3 heterocycles. The van der Waals surface area contributed by atoms with Crippen LogP contribution in [-0.4, -0.2) is 57.9 Å². The second-order valence-electron chi connectivity index (χ2n) is 13.4. The maximum absolute atomic E-state index is 13.5. The number of aromatic nitrogens is 3. The maximum Gasteiger partial charge on any atom is 0.287 e. The monoisotopic (exact) mass is 659 g/mol. The molecule has 250 valence electrons. The lowest BCUT2D eigenvalue weighted by molar-refractivity contribution is 0.0104. The topological polar surface area (TPSA) is 102 Å². The minimum absolute atomic E-state index is 0.00850. The summed E-state index contributed by atoms with van der Waals surface area (Å²) in [6.07, 6.45) is 14.7. The molecule has 1 saturated heterocycles. The van der Waals surface area contributed by atoms with Gasteiger partial charge in [0.1, 0.15) is 24.0 Å². The highest BCUT2D eigenvalue weighted by Gasteiger charge is 2.42. The summed E-state index contributed by atoms with van der Waals surface area (Å²) in [5, 5.41) is 8.74. The van der Waals surface area contributed by atoms with Crippen LogP contribution in [0.1, 0.15) is 80.8 Å². The van der Waals surface area contributed by atoms with Crippen LogP contribution < -0.4 is 15.5 Å². The van der Waals surface area contributed by atoms with Crippen molar-refractivity contribution in [3.05, 3.63) is 87.8 Å². The first-order chi connectivity index (χ1) is 22.9. The smallest absolute Gasteiger partial charge is 0.287 e. The first-order valence-electron chi connectivity index (χ1n) is 17.2. The third-order valence-corrected chi connectivity index (χ3v) is 10.4. The Morgan fingerprint density at radius 1 is 1.11 bits per heavy atom. The van der Waals surface area contributed by atoms with Crippen LogP contribution in [0, 0.1) is 11.3 Å². The van der Waals surface area contributed by atoms with Crippen molar-refractivity contribution in [2.75, 3.05) is 26.2 Å². The lowest BCUT2D eigenvalue weighted by Crippen LogP contribution is -2.48. The Labute approximate surface area is 281 Å². The van der Waals surface area contributed by atoms with Gasteiger partial charge in [0.15, 0.2) is 11.2 Å². The van der Waals surface area contributed by atoms with Crippen LogP contribution in [-0.2, 0) is 13.0 Å². The average Bonchev–Trinajstić information content (AvgIpc) is 3.61. The van der Waals surface area contributed by atoms with Gasteiger partial charge in [0.25, 0.3) is 5.91 Å². The molecule has 1 aliphatic carbocycles. The van der Waals surface area contributed by atoms with E-state index in [-0.39, 0.29) is 22.6 Å². The van der Waals surface area contributed by atoms with Crippen LogP contribution in [0.3, 0.4) is 0 Å². The van der Waals surface area contributed by atoms with Gasteiger partial charge in [-0.15, -0.1) is 0 Å². The molecule has 1 N–H and O–H groups in total. The summed E-state index contributed by atoms with van der Waals surface area (Å²) in [5.41, 5.74) is 1.43. The molecule has 2 aromatic heterocycles. The van der Waals surface area contributed by atoms with E-state index in [1.165, 1.54) is 38.2 Å². The summed E-state index contributed by atoms with van der Waals surface area (Å²) in [4.78, 5) is 33.3. The van der Waals surface area contributed by atoms with E-state index in [4.69, 9.17) is 20.8 Å². The zero-order chi connectivity index (χ0) is 32.6. The minimum Gasteiger partial charge on any atom is -0.494 e. The summed E-state index contributed by atoms with van der Waals surface area (Å²) >= 11 is 6.16. The fourth-order valence-electron chi connectivity index (χ4n) is 7.55. The molecule has 0 radical (unpaired) electrons. The number of carbonyl (C=O) groups is 1. The van der Waals surface area contributed by atoms with Crippen molar-refractivity contribution in [3.63, 3.8) is 0 Å². The van der Waals surface area contributed by atoms with Crippen LogP contribution in [0.15, 0.2) is 70.4 Å². The van der Waals surface area contributed by atoms with Gasteiger partial charge in [-0.2, -0.15) is 5.10 Å². The van der Waals surface area contributed by atoms with Gasteiger partial charge in [0.05, 0.1) is 12.0 Å². The lowest BCUT2D eigenvalue weighted by atomic mass is 9.63. The minimum atomic E-state index is -0.392. The number of halogens is 1. The number of hydrogen-bond donors (Lipinski definition) is 1. The van der Waals surface area contributed by atoms with Crippen molar-refractivity contribution in [2.24, 2.45) is 11.3 Å². The number of fused-ring (bicyclic) bond motifs is 1. The van der Waals surface area contributed by atoms with Gasteiger partial charge in [-0.25, -0.2) is 4.98 Å². The second-order valence-corrected chi connectivity index (χ2v) is 13.8. The van der Waals surface area contributed by atoms with E-state index in [9.17, 15) is 9.59 Å². The maximum atomic E-state index is 13.5. The highest BCUT2D eigenvalue weighted by Crippen LogP contribution is 2.47. The molecule has 0 bridgehead atoms. The Balaban J connectivity index is 1.13. The van der Waals surface area contributed by atoms with Crippen molar-refractivity contribution >= 4 is 28.5 Å². The lowest BCUT2D eigenvalue weighted by Gasteiger charge is -2.48. The Morgan fingerprint density at radius 2 is 1.89 bits per heavy atom. The fraction of sp³-hybridized carbons (Fsp3) is 0.514. The Morgan fingerprint density at radius 3 is 2.62 bits per heavy atom. The van der Waals surface area contributed by atoms with Crippen LogP contribution in [0.4, 0.5) is 0 Å².